The molecule has 0 unspecified atom stereocenters. The molecular weight excluding hydrogens is 348 g/mol. The Morgan fingerprint density at radius 2 is 1.61 bits per heavy atom. The zero-order valence-corrected chi connectivity index (χ0v) is 16.5. The molecule has 140 valence electrons. The van der Waals surface area contributed by atoms with E-state index in [-0.39, 0.29) is 5.91 Å². The van der Waals surface area contributed by atoms with Gasteiger partial charge in [0.1, 0.15) is 5.52 Å². The molecule has 0 saturated carbocycles. The van der Waals surface area contributed by atoms with Gasteiger partial charge in [0.2, 0.25) is 5.89 Å². The van der Waals surface area contributed by atoms with E-state index < -0.39 is 0 Å². The van der Waals surface area contributed by atoms with E-state index >= 15 is 0 Å². The molecule has 1 heterocycles. The molecule has 0 aliphatic carbocycles. The van der Waals surface area contributed by atoms with Crippen molar-refractivity contribution in [3.63, 3.8) is 0 Å². The summed E-state index contributed by atoms with van der Waals surface area (Å²) in [6.07, 6.45) is 0. The van der Waals surface area contributed by atoms with E-state index in [9.17, 15) is 4.79 Å². The Morgan fingerprint density at radius 3 is 2.32 bits per heavy atom. The summed E-state index contributed by atoms with van der Waals surface area (Å²) in [5, 5.41) is 2.95. The fourth-order valence-corrected chi connectivity index (χ4v) is 3.66. The predicted molar refractivity (Wildman–Crippen MR) is 113 cm³/mol. The molecule has 4 rings (SSSR count). The van der Waals surface area contributed by atoms with E-state index in [0.29, 0.717) is 22.7 Å². The van der Waals surface area contributed by atoms with Crippen molar-refractivity contribution >= 4 is 22.7 Å². The van der Waals surface area contributed by atoms with Gasteiger partial charge in [0, 0.05) is 16.8 Å². The molecule has 0 aliphatic rings. The largest absolute Gasteiger partial charge is 0.436 e. The molecule has 1 amide bonds. The fraction of sp³-hybridized carbons (Fsp3) is 0.167. The minimum absolute atomic E-state index is 0.133. The van der Waals surface area contributed by atoms with Gasteiger partial charge >= 0.3 is 0 Å². The molecule has 4 heteroatoms. The zero-order valence-electron chi connectivity index (χ0n) is 16.5. The number of nitrogens with one attached hydrogen (secondary N) is 1. The number of carbonyl (C=O) groups excluding carboxylic acids is 1. The molecule has 0 aliphatic heterocycles. The first-order valence-corrected chi connectivity index (χ1v) is 9.28. The van der Waals surface area contributed by atoms with Crippen LogP contribution in [0.3, 0.4) is 0 Å². The van der Waals surface area contributed by atoms with Crippen LogP contribution in [0.1, 0.15) is 32.6 Å². The van der Waals surface area contributed by atoms with Crippen molar-refractivity contribution in [3.8, 4) is 11.5 Å². The van der Waals surface area contributed by atoms with E-state index in [1.807, 2.05) is 49.4 Å². The van der Waals surface area contributed by atoms with Crippen LogP contribution < -0.4 is 5.32 Å². The normalized spacial score (nSPS) is 11.0. The average molecular weight is 370 g/mol. The lowest BCUT2D eigenvalue weighted by molar-refractivity contribution is 0.102. The van der Waals surface area contributed by atoms with Crippen LogP contribution in [-0.2, 0) is 0 Å². The van der Waals surface area contributed by atoms with E-state index in [1.54, 1.807) is 0 Å². The van der Waals surface area contributed by atoms with Gasteiger partial charge in [0.05, 0.1) is 0 Å². The Kier molecular flexibility index (Phi) is 4.47. The maximum Gasteiger partial charge on any atom is 0.255 e. The van der Waals surface area contributed by atoms with Gasteiger partial charge in [-0.05, 0) is 68.7 Å². The van der Waals surface area contributed by atoms with Gasteiger partial charge in [-0.15, -0.1) is 0 Å². The highest BCUT2D eigenvalue weighted by molar-refractivity contribution is 6.05. The predicted octanol–water partition coefficient (Wildman–Crippen LogP) is 5.98. The lowest BCUT2D eigenvalue weighted by atomic mass is 10.00. The van der Waals surface area contributed by atoms with E-state index in [2.05, 4.69) is 43.2 Å². The van der Waals surface area contributed by atoms with Crippen LogP contribution in [0.4, 0.5) is 5.69 Å². The Hall–Kier alpha value is -3.40. The molecule has 0 atom stereocenters. The number of fused-ring (bicyclic) bond motifs is 1. The van der Waals surface area contributed by atoms with Gasteiger partial charge in [-0.25, -0.2) is 4.98 Å². The molecule has 3 aromatic carbocycles. The molecule has 1 aromatic heterocycles. The van der Waals surface area contributed by atoms with Crippen LogP contribution >= 0.6 is 0 Å². The van der Waals surface area contributed by atoms with Gasteiger partial charge in [0.25, 0.3) is 5.91 Å². The highest BCUT2D eigenvalue weighted by Gasteiger charge is 2.15. The number of anilines is 1. The van der Waals surface area contributed by atoms with Crippen LogP contribution in [-0.4, -0.2) is 10.9 Å². The third-order valence-electron chi connectivity index (χ3n) is 4.93. The van der Waals surface area contributed by atoms with Crippen LogP contribution in [0.5, 0.6) is 0 Å². The van der Waals surface area contributed by atoms with Crippen molar-refractivity contribution in [3.05, 3.63) is 82.4 Å². The van der Waals surface area contributed by atoms with Gasteiger partial charge in [-0.1, -0.05) is 35.9 Å². The minimum Gasteiger partial charge on any atom is -0.436 e. The second kappa shape index (κ2) is 6.97. The first-order valence-electron chi connectivity index (χ1n) is 9.28. The molecule has 4 nitrogen and oxygen atoms in total. The molecule has 0 fully saturated rings. The van der Waals surface area contributed by atoms with Gasteiger partial charge in [0.15, 0.2) is 5.58 Å². The first-order chi connectivity index (χ1) is 13.4. The maximum atomic E-state index is 12.6. The smallest absolute Gasteiger partial charge is 0.255 e. The second-order valence-corrected chi connectivity index (χ2v) is 7.24. The summed E-state index contributed by atoms with van der Waals surface area (Å²) >= 11 is 0. The highest BCUT2D eigenvalue weighted by atomic mass is 16.3. The monoisotopic (exact) mass is 370 g/mol. The molecule has 4 aromatic rings. The number of carbonyl (C=O) groups is 1. The summed E-state index contributed by atoms with van der Waals surface area (Å²) in [6, 6.07) is 17.3. The zero-order chi connectivity index (χ0) is 19.8. The van der Waals surface area contributed by atoms with E-state index in [1.165, 1.54) is 5.56 Å². The first kappa shape index (κ1) is 18.0. The number of hydrogen-bond donors (Lipinski definition) is 1. The molecule has 0 spiro atoms. The number of aromatic nitrogens is 1. The van der Waals surface area contributed by atoms with Crippen LogP contribution in [0.15, 0.2) is 59.0 Å². The van der Waals surface area contributed by atoms with Gasteiger partial charge < -0.3 is 9.73 Å². The summed E-state index contributed by atoms with van der Waals surface area (Å²) in [4.78, 5) is 17.2. The number of amides is 1. The summed E-state index contributed by atoms with van der Waals surface area (Å²) in [5.41, 5.74) is 8.22. The van der Waals surface area contributed by atoms with E-state index in [0.717, 1.165) is 27.8 Å². The molecular formula is C24H22N2O2. The molecule has 0 saturated heterocycles. The Bertz CT molecular complexity index is 1180. The van der Waals surface area contributed by atoms with Crippen molar-refractivity contribution < 1.29 is 9.21 Å². The van der Waals surface area contributed by atoms with Crippen molar-refractivity contribution in [1.29, 1.82) is 0 Å². The van der Waals surface area contributed by atoms with Crippen molar-refractivity contribution in [1.82, 2.24) is 4.98 Å². The quantitative estimate of drug-likeness (QED) is 0.482. The topological polar surface area (TPSA) is 55.1 Å². The molecule has 0 bridgehead atoms. The number of nitrogens with zero attached hydrogens (tertiary/aromatic N) is 1. The maximum absolute atomic E-state index is 12.6. The third kappa shape index (κ3) is 3.29. The lowest BCUT2D eigenvalue weighted by Gasteiger charge is -2.07. The van der Waals surface area contributed by atoms with Crippen LogP contribution in [0.2, 0.25) is 0 Å². The Labute approximate surface area is 164 Å². The highest BCUT2D eigenvalue weighted by Crippen LogP contribution is 2.31. The standard InChI is InChI=1S/C24H22N2O2/c1-14-11-16(3)22(17(4)12-14)24-26-20-13-18(9-10-21(20)28-24)25-23(27)19-8-6-5-7-15(19)2/h5-13H,1-4H3,(H,25,27). The summed E-state index contributed by atoms with van der Waals surface area (Å²) in [7, 11) is 0. The molecule has 28 heavy (non-hydrogen) atoms. The summed E-state index contributed by atoms with van der Waals surface area (Å²) in [5.74, 6) is 0.471. The molecule has 1 N–H and O–H groups in total. The van der Waals surface area contributed by atoms with Crippen LogP contribution in [0, 0.1) is 27.7 Å². The third-order valence-corrected chi connectivity index (χ3v) is 4.93. The number of oxazole rings is 1. The van der Waals surface area contributed by atoms with Crippen molar-refractivity contribution in [2.45, 2.75) is 27.7 Å². The van der Waals surface area contributed by atoms with Crippen molar-refractivity contribution in [2.24, 2.45) is 0 Å². The minimum atomic E-state index is -0.133. The molecule has 0 radical (unpaired) electrons. The number of benzene rings is 3. The van der Waals surface area contributed by atoms with Gasteiger partial charge in [-0.3, -0.25) is 4.79 Å². The Morgan fingerprint density at radius 1 is 0.893 bits per heavy atom. The van der Waals surface area contributed by atoms with Crippen molar-refractivity contribution in [2.75, 3.05) is 5.32 Å². The summed E-state index contributed by atoms with van der Waals surface area (Å²) < 4.78 is 6.00. The average Bonchev–Trinajstić information content (AvgIpc) is 3.03. The number of rotatable bonds is 3. The fourth-order valence-electron chi connectivity index (χ4n) is 3.66. The lowest BCUT2D eigenvalue weighted by Crippen LogP contribution is -2.13. The Balaban J connectivity index is 1.68. The van der Waals surface area contributed by atoms with E-state index in [4.69, 9.17) is 4.42 Å². The van der Waals surface area contributed by atoms with Crippen LogP contribution in [0.25, 0.3) is 22.6 Å². The number of hydrogen-bond acceptors (Lipinski definition) is 3. The second-order valence-electron chi connectivity index (χ2n) is 7.24. The SMILES string of the molecule is Cc1cc(C)c(-c2nc3cc(NC(=O)c4ccccc4C)ccc3o2)c(C)c1. The van der Waals surface area contributed by atoms with Gasteiger partial charge in [-0.2, -0.15) is 0 Å². The number of aryl methyl sites for hydroxylation is 4. The summed E-state index contributed by atoms with van der Waals surface area (Å²) in [6.45, 7) is 8.14.